The number of rotatable bonds is 3. The lowest BCUT2D eigenvalue weighted by molar-refractivity contribution is -0.114. The molecule has 3 aliphatic rings. The molecule has 3 aliphatic heterocycles. The quantitative estimate of drug-likeness (QED) is 0.511. The number of nitrogens with zero attached hydrogens (tertiary/aromatic N) is 3. The first-order chi connectivity index (χ1) is 15.6. The first-order valence-corrected chi connectivity index (χ1v) is 13.0. The Morgan fingerprint density at radius 2 is 1.84 bits per heavy atom. The molecule has 0 N–H and O–H groups in total. The van der Waals surface area contributed by atoms with Crippen molar-refractivity contribution < 1.29 is 4.79 Å². The molecule has 2 aromatic carbocycles. The zero-order chi connectivity index (χ0) is 22.1. The number of hydrogen-bond donors (Lipinski definition) is 0. The van der Waals surface area contributed by atoms with Crippen LogP contribution in [-0.4, -0.2) is 55.3 Å². The number of piperidine rings is 1. The molecule has 0 aromatic heterocycles. The Morgan fingerprint density at radius 3 is 2.72 bits per heavy atom. The highest BCUT2D eigenvalue weighted by Crippen LogP contribution is 2.35. The van der Waals surface area contributed by atoms with Gasteiger partial charge in [0.05, 0.1) is 15.0 Å². The van der Waals surface area contributed by atoms with Crippen molar-refractivity contribution in [3.63, 3.8) is 0 Å². The third-order valence-electron chi connectivity index (χ3n) is 6.64. The van der Waals surface area contributed by atoms with Crippen LogP contribution in [0.4, 0.5) is 11.4 Å². The minimum atomic E-state index is 0.0199. The predicted octanol–water partition coefficient (Wildman–Crippen LogP) is 5.79. The standard InChI is InChI=1S/C25H27Cl2N3OS/c26-21-9-8-19(16-22(21)27)30-13-14-32-24(25(30)31)15-18-5-1-2-7-23(18)29-12-11-28-10-4-3-6-20(28)17-29/h1-2,5,7-9,15-16,20H,3-4,6,10-14,17H2/b24-15+. The van der Waals surface area contributed by atoms with Gasteiger partial charge < -0.3 is 9.80 Å². The number of benzene rings is 2. The van der Waals surface area contributed by atoms with Crippen LogP contribution in [-0.2, 0) is 4.79 Å². The summed E-state index contributed by atoms with van der Waals surface area (Å²) in [7, 11) is 0. The zero-order valence-electron chi connectivity index (χ0n) is 18.0. The molecule has 3 heterocycles. The van der Waals surface area contributed by atoms with Gasteiger partial charge in [0.1, 0.15) is 0 Å². The van der Waals surface area contributed by atoms with E-state index in [1.54, 1.807) is 28.8 Å². The molecule has 32 heavy (non-hydrogen) atoms. The van der Waals surface area contributed by atoms with Crippen molar-refractivity contribution in [3.8, 4) is 0 Å². The Morgan fingerprint density at radius 1 is 0.969 bits per heavy atom. The van der Waals surface area contributed by atoms with E-state index in [9.17, 15) is 4.79 Å². The molecule has 168 valence electrons. The fourth-order valence-electron chi connectivity index (χ4n) is 4.96. The molecule has 1 atom stereocenters. The molecular weight excluding hydrogens is 461 g/mol. The van der Waals surface area contributed by atoms with E-state index in [1.807, 2.05) is 6.07 Å². The normalized spacial score (nSPS) is 23.5. The van der Waals surface area contributed by atoms with E-state index in [2.05, 4.69) is 40.1 Å². The van der Waals surface area contributed by atoms with E-state index in [0.29, 0.717) is 22.6 Å². The van der Waals surface area contributed by atoms with Crippen LogP contribution in [0.1, 0.15) is 24.8 Å². The van der Waals surface area contributed by atoms with Crippen molar-refractivity contribution in [1.29, 1.82) is 0 Å². The lowest BCUT2D eigenvalue weighted by Gasteiger charge is -2.45. The first-order valence-electron chi connectivity index (χ1n) is 11.3. The minimum Gasteiger partial charge on any atom is -0.368 e. The van der Waals surface area contributed by atoms with Gasteiger partial charge in [0.2, 0.25) is 0 Å². The average Bonchev–Trinajstić information content (AvgIpc) is 2.82. The van der Waals surface area contributed by atoms with Crippen LogP contribution >= 0.6 is 35.0 Å². The summed E-state index contributed by atoms with van der Waals surface area (Å²) in [5, 5.41) is 0.963. The second-order valence-electron chi connectivity index (χ2n) is 8.60. The van der Waals surface area contributed by atoms with Crippen molar-refractivity contribution in [1.82, 2.24) is 4.90 Å². The first kappa shape index (κ1) is 22.1. The summed E-state index contributed by atoms with van der Waals surface area (Å²) in [6, 6.07) is 14.5. The van der Waals surface area contributed by atoms with Crippen molar-refractivity contribution in [3.05, 3.63) is 63.0 Å². The second kappa shape index (κ2) is 9.68. The van der Waals surface area contributed by atoms with Gasteiger partial charge in [-0.05, 0) is 55.3 Å². The molecule has 0 aliphatic carbocycles. The summed E-state index contributed by atoms with van der Waals surface area (Å²) in [4.78, 5) is 21.1. The van der Waals surface area contributed by atoms with Gasteiger partial charge in [-0.2, -0.15) is 0 Å². The van der Waals surface area contributed by atoms with Gasteiger partial charge in [-0.3, -0.25) is 9.69 Å². The zero-order valence-corrected chi connectivity index (χ0v) is 20.3. The van der Waals surface area contributed by atoms with Gasteiger partial charge >= 0.3 is 0 Å². The van der Waals surface area contributed by atoms with E-state index in [1.165, 1.54) is 31.5 Å². The van der Waals surface area contributed by atoms with Gasteiger partial charge in [-0.1, -0.05) is 47.8 Å². The number of carbonyl (C=O) groups is 1. The van der Waals surface area contributed by atoms with E-state index in [0.717, 1.165) is 41.5 Å². The van der Waals surface area contributed by atoms with Crippen LogP contribution in [0, 0.1) is 0 Å². The summed E-state index contributed by atoms with van der Waals surface area (Å²) in [6.45, 7) is 5.11. The third kappa shape index (κ3) is 4.54. The van der Waals surface area contributed by atoms with E-state index < -0.39 is 0 Å². The van der Waals surface area contributed by atoms with Crippen LogP contribution in [0.3, 0.4) is 0 Å². The number of thioether (sulfide) groups is 1. The molecule has 5 rings (SSSR count). The molecule has 3 saturated heterocycles. The van der Waals surface area contributed by atoms with Crippen molar-refractivity contribution in [2.45, 2.75) is 25.3 Å². The number of hydrogen-bond acceptors (Lipinski definition) is 4. The molecule has 3 fully saturated rings. The van der Waals surface area contributed by atoms with Gasteiger partial charge in [-0.15, -0.1) is 11.8 Å². The van der Waals surface area contributed by atoms with Crippen molar-refractivity contribution >= 4 is 58.3 Å². The summed E-state index contributed by atoms with van der Waals surface area (Å²) in [6.07, 6.45) is 6.01. The highest BCUT2D eigenvalue weighted by molar-refractivity contribution is 8.04. The monoisotopic (exact) mass is 487 g/mol. The van der Waals surface area contributed by atoms with Gasteiger partial charge in [-0.25, -0.2) is 0 Å². The average molecular weight is 488 g/mol. The number of amides is 1. The highest BCUT2D eigenvalue weighted by atomic mass is 35.5. The summed E-state index contributed by atoms with van der Waals surface area (Å²) in [5.41, 5.74) is 3.13. The Hall–Kier alpha value is -1.66. The summed E-state index contributed by atoms with van der Waals surface area (Å²) < 4.78 is 0. The lowest BCUT2D eigenvalue weighted by Crippen LogP contribution is -2.55. The second-order valence-corrected chi connectivity index (χ2v) is 10.6. The number of para-hydroxylation sites is 1. The maximum atomic E-state index is 13.3. The van der Waals surface area contributed by atoms with Gasteiger partial charge in [0, 0.05) is 49.3 Å². The molecule has 1 amide bonds. The predicted molar refractivity (Wildman–Crippen MR) is 137 cm³/mol. The minimum absolute atomic E-state index is 0.0199. The Balaban J connectivity index is 1.40. The smallest absolute Gasteiger partial charge is 0.264 e. The highest BCUT2D eigenvalue weighted by Gasteiger charge is 2.30. The fourth-order valence-corrected chi connectivity index (χ4v) is 6.19. The molecule has 0 saturated carbocycles. The Labute approximate surface area is 204 Å². The molecular formula is C25H27Cl2N3OS. The van der Waals surface area contributed by atoms with Crippen LogP contribution in [0.25, 0.3) is 6.08 Å². The molecule has 0 bridgehead atoms. The maximum Gasteiger partial charge on any atom is 0.264 e. The number of carbonyl (C=O) groups excluding carboxylic acids is 1. The number of piperazine rings is 1. The van der Waals surface area contributed by atoms with Crippen LogP contribution < -0.4 is 9.80 Å². The van der Waals surface area contributed by atoms with E-state index in [-0.39, 0.29) is 5.91 Å². The lowest BCUT2D eigenvalue weighted by atomic mass is 9.98. The molecule has 4 nitrogen and oxygen atoms in total. The largest absolute Gasteiger partial charge is 0.368 e. The molecule has 0 radical (unpaired) electrons. The van der Waals surface area contributed by atoms with Crippen molar-refractivity contribution in [2.24, 2.45) is 0 Å². The molecule has 2 aromatic rings. The van der Waals surface area contributed by atoms with Crippen LogP contribution in [0.15, 0.2) is 47.4 Å². The topological polar surface area (TPSA) is 26.8 Å². The summed E-state index contributed by atoms with van der Waals surface area (Å²) >= 11 is 13.9. The SMILES string of the molecule is O=C1/C(=C\c2ccccc2N2CCN3CCCCC3C2)SCCN1c1ccc(Cl)c(Cl)c1. The van der Waals surface area contributed by atoms with Crippen LogP contribution in [0.2, 0.25) is 10.0 Å². The Bertz CT molecular complexity index is 1040. The number of fused-ring (bicyclic) bond motifs is 1. The molecule has 1 unspecified atom stereocenters. The van der Waals surface area contributed by atoms with Gasteiger partial charge in [0.15, 0.2) is 0 Å². The number of anilines is 2. The van der Waals surface area contributed by atoms with Crippen LogP contribution in [0.5, 0.6) is 0 Å². The molecule has 7 heteroatoms. The van der Waals surface area contributed by atoms with Gasteiger partial charge in [0.25, 0.3) is 5.91 Å². The van der Waals surface area contributed by atoms with E-state index >= 15 is 0 Å². The third-order valence-corrected chi connectivity index (χ3v) is 8.37. The molecule has 0 spiro atoms. The fraction of sp³-hybridized carbons (Fsp3) is 0.400. The summed E-state index contributed by atoms with van der Waals surface area (Å²) in [5.74, 6) is 0.868. The maximum absolute atomic E-state index is 13.3. The Kier molecular flexibility index (Phi) is 6.70. The number of halogens is 2. The van der Waals surface area contributed by atoms with E-state index in [4.69, 9.17) is 23.2 Å². The van der Waals surface area contributed by atoms with Crippen molar-refractivity contribution in [2.75, 3.05) is 48.3 Å².